The minimum Gasteiger partial charge on any atom is -0.380 e. The van der Waals surface area contributed by atoms with E-state index < -0.39 is 0 Å². The maximum atomic E-state index is 5.57. The first-order valence-corrected chi connectivity index (χ1v) is 8.36. The van der Waals surface area contributed by atoms with E-state index in [4.69, 9.17) is 4.74 Å². The molecular formula is C14H26N4OS. The third-order valence-electron chi connectivity index (χ3n) is 2.64. The first-order valence-electron chi connectivity index (χ1n) is 7.14. The fraction of sp³-hybridized carbons (Fsp3) is 0.714. The summed E-state index contributed by atoms with van der Waals surface area (Å²) in [6.07, 6.45) is 3.08. The summed E-state index contributed by atoms with van der Waals surface area (Å²) in [7, 11) is 0. The largest absolute Gasteiger partial charge is 0.380 e. The fourth-order valence-corrected chi connectivity index (χ4v) is 1.93. The second kappa shape index (κ2) is 9.83. The maximum absolute atomic E-state index is 5.57. The highest BCUT2D eigenvalue weighted by atomic mass is 32.2. The zero-order chi connectivity index (χ0) is 14.8. The number of rotatable bonds is 10. The normalized spacial score (nSPS) is 10.8. The molecule has 114 valence electrons. The molecule has 0 aliphatic heterocycles. The van der Waals surface area contributed by atoms with E-state index in [-0.39, 0.29) is 0 Å². The third kappa shape index (κ3) is 6.96. The predicted octanol–water partition coefficient (Wildman–Crippen LogP) is 3.10. The van der Waals surface area contributed by atoms with Gasteiger partial charge in [-0.3, -0.25) is 0 Å². The molecule has 0 fully saturated rings. The molecule has 1 aromatic rings. The first-order chi connectivity index (χ1) is 9.65. The van der Waals surface area contributed by atoms with Gasteiger partial charge in [-0.2, -0.15) is 0 Å². The van der Waals surface area contributed by atoms with Crippen molar-refractivity contribution in [3.05, 3.63) is 6.07 Å². The average Bonchev–Trinajstić information content (AvgIpc) is 2.42. The van der Waals surface area contributed by atoms with E-state index in [1.54, 1.807) is 11.8 Å². The summed E-state index contributed by atoms with van der Waals surface area (Å²) in [5.74, 6) is 2.39. The van der Waals surface area contributed by atoms with Gasteiger partial charge in [0.1, 0.15) is 11.6 Å². The lowest BCUT2D eigenvalue weighted by atomic mass is 10.1. The number of hydrogen-bond acceptors (Lipinski definition) is 6. The van der Waals surface area contributed by atoms with Crippen LogP contribution in [0.4, 0.5) is 11.6 Å². The van der Waals surface area contributed by atoms with Gasteiger partial charge in [-0.1, -0.05) is 25.6 Å². The van der Waals surface area contributed by atoms with Crippen LogP contribution in [0.2, 0.25) is 0 Å². The molecule has 0 unspecified atom stereocenters. The standard InChI is InChI=1S/C14H26N4OS/c1-5-15-12-10-13(18-14(17-12)20-4)16-7-9-19-8-6-11(2)3/h10-11H,5-9H2,1-4H3,(H2,15,16,17,18). The summed E-state index contributed by atoms with van der Waals surface area (Å²) in [6.45, 7) is 9.58. The van der Waals surface area contributed by atoms with E-state index in [1.807, 2.05) is 12.3 Å². The highest BCUT2D eigenvalue weighted by Gasteiger charge is 2.03. The number of hydrogen-bond donors (Lipinski definition) is 2. The lowest BCUT2D eigenvalue weighted by molar-refractivity contribution is 0.132. The van der Waals surface area contributed by atoms with Crippen LogP contribution in [0.25, 0.3) is 0 Å². The summed E-state index contributed by atoms with van der Waals surface area (Å²) in [5, 5.41) is 7.26. The van der Waals surface area contributed by atoms with E-state index >= 15 is 0 Å². The van der Waals surface area contributed by atoms with Gasteiger partial charge in [-0.25, -0.2) is 9.97 Å². The van der Waals surface area contributed by atoms with Gasteiger partial charge >= 0.3 is 0 Å². The van der Waals surface area contributed by atoms with Gasteiger partial charge in [0.05, 0.1) is 6.61 Å². The van der Waals surface area contributed by atoms with Crippen LogP contribution in [-0.2, 0) is 4.74 Å². The van der Waals surface area contributed by atoms with E-state index in [0.29, 0.717) is 12.5 Å². The van der Waals surface area contributed by atoms with Crippen LogP contribution in [-0.4, -0.2) is 42.5 Å². The van der Waals surface area contributed by atoms with Crippen LogP contribution in [0.1, 0.15) is 27.2 Å². The molecule has 0 aromatic carbocycles. The Labute approximate surface area is 126 Å². The third-order valence-corrected chi connectivity index (χ3v) is 3.19. The Morgan fingerprint density at radius 2 is 1.90 bits per heavy atom. The van der Waals surface area contributed by atoms with Crippen LogP contribution in [0.15, 0.2) is 11.2 Å². The Morgan fingerprint density at radius 3 is 2.50 bits per heavy atom. The van der Waals surface area contributed by atoms with Gasteiger partial charge in [0.2, 0.25) is 0 Å². The highest BCUT2D eigenvalue weighted by molar-refractivity contribution is 7.98. The van der Waals surface area contributed by atoms with E-state index in [9.17, 15) is 0 Å². The molecule has 1 aromatic heterocycles. The molecule has 0 spiro atoms. The van der Waals surface area contributed by atoms with Gasteiger partial charge in [-0.15, -0.1) is 0 Å². The number of ether oxygens (including phenoxy) is 1. The van der Waals surface area contributed by atoms with E-state index in [2.05, 4.69) is 41.4 Å². The molecule has 1 rings (SSSR count). The van der Waals surface area contributed by atoms with E-state index in [1.165, 1.54) is 0 Å². The number of aromatic nitrogens is 2. The quantitative estimate of drug-likeness (QED) is 0.393. The molecule has 1 heterocycles. The summed E-state index contributed by atoms with van der Waals surface area (Å²) in [4.78, 5) is 8.81. The van der Waals surface area contributed by atoms with Crippen LogP contribution in [0.5, 0.6) is 0 Å². The molecule has 0 bridgehead atoms. The minimum absolute atomic E-state index is 0.691. The first kappa shape index (κ1) is 17.0. The van der Waals surface area contributed by atoms with Crippen molar-refractivity contribution in [3.63, 3.8) is 0 Å². The van der Waals surface area contributed by atoms with Gasteiger partial charge in [0, 0.05) is 25.8 Å². The van der Waals surface area contributed by atoms with Crippen molar-refractivity contribution in [2.45, 2.75) is 32.3 Å². The van der Waals surface area contributed by atoms with Crippen molar-refractivity contribution in [2.24, 2.45) is 5.92 Å². The Kier molecular flexibility index (Phi) is 8.37. The summed E-state index contributed by atoms with van der Waals surface area (Å²) in [5.41, 5.74) is 0. The zero-order valence-electron chi connectivity index (χ0n) is 12.9. The summed E-state index contributed by atoms with van der Waals surface area (Å²) >= 11 is 1.54. The van der Waals surface area contributed by atoms with Gasteiger partial charge in [0.25, 0.3) is 0 Å². The fourth-order valence-electron chi connectivity index (χ4n) is 1.55. The van der Waals surface area contributed by atoms with Crippen LogP contribution in [0.3, 0.4) is 0 Å². The molecule has 0 radical (unpaired) electrons. The molecule has 0 saturated carbocycles. The number of nitrogens with zero attached hydrogens (tertiary/aromatic N) is 2. The zero-order valence-corrected chi connectivity index (χ0v) is 13.7. The lowest BCUT2D eigenvalue weighted by Crippen LogP contribution is -2.12. The van der Waals surface area contributed by atoms with Crippen molar-refractivity contribution >= 4 is 23.4 Å². The van der Waals surface area contributed by atoms with Crippen molar-refractivity contribution in [1.29, 1.82) is 0 Å². The number of thioether (sulfide) groups is 1. The van der Waals surface area contributed by atoms with Crippen LogP contribution >= 0.6 is 11.8 Å². The van der Waals surface area contributed by atoms with Crippen LogP contribution in [0, 0.1) is 5.92 Å². The molecule has 0 aliphatic rings. The smallest absolute Gasteiger partial charge is 0.191 e. The van der Waals surface area contributed by atoms with Crippen molar-refractivity contribution in [1.82, 2.24) is 9.97 Å². The predicted molar refractivity (Wildman–Crippen MR) is 86.7 cm³/mol. The van der Waals surface area contributed by atoms with Crippen molar-refractivity contribution in [2.75, 3.05) is 43.2 Å². The maximum Gasteiger partial charge on any atom is 0.191 e. The molecular weight excluding hydrogens is 272 g/mol. The Hall–Kier alpha value is -1.01. The Bertz CT molecular complexity index is 387. The molecule has 0 amide bonds. The summed E-state index contributed by atoms with van der Waals surface area (Å²) < 4.78 is 5.57. The molecule has 0 atom stereocenters. The SMILES string of the molecule is CCNc1cc(NCCOCCC(C)C)nc(SC)n1. The topological polar surface area (TPSA) is 59.1 Å². The molecule has 6 heteroatoms. The van der Waals surface area contributed by atoms with Crippen LogP contribution < -0.4 is 10.6 Å². The second-order valence-electron chi connectivity index (χ2n) is 4.88. The Balaban J connectivity index is 2.36. The summed E-state index contributed by atoms with van der Waals surface area (Å²) in [6, 6.07) is 1.93. The number of anilines is 2. The van der Waals surface area contributed by atoms with Crippen molar-refractivity contribution in [3.8, 4) is 0 Å². The average molecular weight is 298 g/mol. The monoisotopic (exact) mass is 298 g/mol. The second-order valence-corrected chi connectivity index (χ2v) is 5.65. The number of nitrogens with one attached hydrogen (secondary N) is 2. The minimum atomic E-state index is 0.691. The molecule has 0 aliphatic carbocycles. The molecule has 2 N–H and O–H groups in total. The van der Waals surface area contributed by atoms with Crippen molar-refractivity contribution < 1.29 is 4.74 Å². The highest BCUT2D eigenvalue weighted by Crippen LogP contribution is 2.16. The van der Waals surface area contributed by atoms with E-state index in [0.717, 1.165) is 42.9 Å². The van der Waals surface area contributed by atoms with Gasteiger partial charge < -0.3 is 15.4 Å². The van der Waals surface area contributed by atoms with Gasteiger partial charge in [-0.05, 0) is 25.5 Å². The van der Waals surface area contributed by atoms with Gasteiger partial charge in [0.15, 0.2) is 5.16 Å². The molecule has 5 nitrogen and oxygen atoms in total. The molecule has 0 saturated heterocycles. The lowest BCUT2D eigenvalue weighted by Gasteiger charge is -2.10. The molecule has 20 heavy (non-hydrogen) atoms. The Morgan fingerprint density at radius 1 is 1.20 bits per heavy atom.